The lowest BCUT2D eigenvalue weighted by Gasteiger charge is -2.06. The Balaban J connectivity index is 1.74. The van der Waals surface area contributed by atoms with Crippen LogP contribution in [0.3, 0.4) is 0 Å². The highest BCUT2D eigenvalue weighted by atomic mass is 32.2. The zero-order valence-electron chi connectivity index (χ0n) is 12.6. The summed E-state index contributed by atoms with van der Waals surface area (Å²) >= 11 is 3.04. The SMILES string of the molecule is CCC(=COOCSc1ccc(O)cc1)Sc1ccc(O)cc1. The lowest BCUT2D eigenvalue weighted by Crippen LogP contribution is -1.88. The molecule has 2 aromatic rings. The van der Waals surface area contributed by atoms with E-state index in [0.717, 1.165) is 21.1 Å². The van der Waals surface area contributed by atoms with Crippen LogP contribution in [0.2, 0.25) is 0 Å². The minimum absolute atomic E-state index is 0.244. The second kappa shape index (κ2) is 9.39. The predicted octanol–water partition coefficient (Wildman–Crippen LogP) is 5.14. The number of aromatic hydroxyl groups is 2. The quantitative estimate of drug-likeness (QED) is 0.172. The van der Waals surface area contributed by atoms with Crippen LogP contribution < -0.4 is 0 Å². The molecule has 0 aliphatic carbocycles. The van der Waals surface area contributed by atoms with Gasteiger partial charge >= 0.3 is 0 Å². The van der Waals surface area contributed by atoms with Crippen molar-refractivity contribution in [2.75, 3.05) is 5.94 Å². The maximum atomic E-state index is 9.27. The smallest absolute Gasteiger partial charge is 0.144 e. The number of hydrogen-bond acceptors (Lipinski definition) is 6. The van der Waals surface area contributed by atoms with Crippen LogP contribution in [0.25, 0.3) is 0 Å². The number of rotatable bonds is 8. The topological polar surface area (TPSA) is 58.9 Å². The van der Waals surface area contributed by atoms with Crippen molar-refractivity contribution in [2.24, 2.45) is 0 Å². The Morgan fingerprint density at radius 3 is 2.09 bits per heavy atom. The molecule has 0 unspecified atom stereocenters. The van der Waals surface area contributed by atoms with Crippen LogP contribution in [0.1, 0.15) is 13.3 Å². The van der Waals surface area contributed by atoms with Crippen molar-refractivity contribution in [1.29, 1.82) is 0 Å². The summed E-state index contributed by atoms with van der Waals surface area (Å²) in [5.74, 6) is 0.845. The van der Waals surface area contributed by atoms with Gasteiger partial charge in [0, 0.05) is 14.7 Å². The number of phenols is 2. The molecule has 0 aliphatic heterocycles. The van der Waals surface area contributed by atoms with Crippen molar-refractivity contribution in [3.05, 3.63) is 59.7 Å². The summed E-state index contributed by atoms with van der Waals surface area (Å²) in [6, 6.07) is 13.9. The summed E-state index contributed by atoms with van der Waals surface area (Å²) in [4.78, 5) is 13.3. The summed E-state index contributed by atoms with van der Waals surface area (Å²) < 4.78 is 0. The second-order valence-electron chi connectivity index (χ2n) is 4.50. The third kappa shape index (κ3) is 6.48. The van der Waals surface area contributed by atoms with Gasteiger partial charge in [-0.15, -0.1) is 0 Å². The number of benzene rings is 2. The van der Waals surface area contributed by atoms with Gasteiger partial charge in [0.25, 0.3) is 0 Å². The van der Waals surface area contributed by atoms with Gasteiger partial charge in [0.05, 0.1) is 0 Å². The number of hydrogen-bond donors (Lipinski definition) is 2. The second-order valence-corrected chi connectivity index (χ2v) is 6.70. The first-order chi connectivity index (χ1) is 11.2. The molecule has 2 aromatic carbocycles. The Kier molecular flexibility index (Phi) is 7.19. The molecule has 0 atom stereocenters. The maximum absolute atomic E-state index is 9.27. The highest BCUT2D eigenvalue weighted by Gasteiger charge is 2.01. The molecule has 0 fully saturated rings. The lowest BCUT2D eigenvalue weighted by atomic mass is 10.3. The van der Waals surface area contributed by atoms with Gasteiger partial charge in [-0.25, -0.2) is 0 Å². The van der Waals surface area contributed by atoms with Crippen molar-refractivity contribution < 1.29 is 20.0 Å². The van der Waals surface area contributed by atoms with Crippen LogP contribution in [0.15, 0.2) is 69.5 Å². The molecule has 0 heterocycles. The molecule has 2 rings (SSSR count). The Morgan fingerprint density at radius 1 is 0.957 bits per heavy atom. The Bertz CT molecular complexity index is 624. The van der Waals surface area contributed by atoms with E-state index in [1.54, 1.807) is 42.3 Å². The van der Waals surface area contributed by atoms with E-state index in [-0.39, 0.29) is 11.5 Å². The van der Waals surface area contributed by atoms with Gasteiger partial charge in [0.1, 0.15) is 23.7 Å². The molecular formula is C17H18O4S2. The van der Waals surface area contributed by atoms with Gasteiger partial charge in [-0.2, -0.15) is 4.89 Å². The minimum atomic E-state index is 0.244. The molecule has 0 saturated heterocycles. The van der Waals surface area contributed by atoms with Gasteiger partial charge in [-0.1, -0.05) is 30.4 Å². The number of allylic oxidation sites excluding steroid dienone is 1. The van der Waals surface area contributed by atoms with E-state index in [9.17, 15) is 10.2 Å². The van der Waals surface area contributed by atoms with E-state index in [0.29, 0.717) is 5.94 Å². The Labute approximate surface area is 144 Å². The zero-order chi connectivity index (χ0) is 16.5. The van der Waals surface area contributed by atoms with E-state index in [4.69, 9.17) is 9.78 Å². The Morgan fingerprint density at radius 2 is 1.52 bits per heavy atom. The van der Waals surface area contributed by atoms with Crippen LogP contribution >= 0.6 is 23.5 Å². The molecule has 0 saturated carbocycles. The molecule has 0 aromatic heterocycles. The first kappa shape index (κ1) is 17.6. The fourth-order valence-corrected chi connectivity index (χ4v) is 2.97. The van der Waals surface area contributed by atoms with Gasteiger partial charge in [-0.3, -0.25) is 0 Å². The van der Waals surface area contributed by atoms with Crippen molar-refractivity contribution in [1.82, 2.24) is 0 Å². The van der Waals surface area contributed by atoms with E-state index < -0.39 is 0 Å². The third-order valence-corrected chi connectivity index (χ3v) is 4.77. The molecule has 0 bridgehead atoms. The first-order valence-corrected chi connectivity index (χ1v) is 8.83. The van der Waals surface area contributed by atoms with Gasteiger partial charge in [0.2, 0.25) is 0 Å². The average Bonchev–Trinajstić information content (AvgIpc) is 2.57. The molecule has 4 nitrogen and oxygen atoms in total. The summed E-state index contributed by atoms with van der Waals surface area (Å²) in [6.07, 6.45) is 2.41. The normalized spacial score (nSPS) is 11.4. The molecule has 0 spiro atoms. The van der Waals surface area contributed by atoms with Crippen LogP contribution in [0.5, 0.6) is 11.5 Å². The summed E-state index contributed by atoms with van der Waals surface area (Å²) in [6.45, 7) is 2.04. The summed E-state index contributed by atoms with van der Waals surface area (Å²) in [7, 11) is 0. The molecular weight excluding hydrogens is 332 g/mol. The molecule has 0 amide bonds. The van der Waals surface area contributed by atoms with Gasteiger partial charge < -0.3 is 15.1 Å². The van der Waals surface area contributed by atoms with Gasteiger partial charge in [-0.05, 0) is 55.0 Å². The highest BCUT2D eigenvalue weighted by molar-refractivity contribution is 8.03. The first-order valence-electron chi connectivity index (χ1n) is 7.03. The summed E-state index contributed by atoms with van der Waals surface area (Å²) in [5, 5.41) is 18.5. The highest BCUT2D eigenvalue weighted by Crippen LogP contribution is 2.30. The van der Waals surface area contributed by atoms with Crippen LogP contribution in [-0.2, 0) is 9.78 Å². The van der Waals surface area contributed by atoms with E-state index in [1.165, 1.54) is 11.8 Å². The van der Waals surface area contributed by atoms with E-state index >= 15 is 0 Å². The molecule has 23 heavy (non-hydrogen) atoms. The monoisotopic (exact) mass is 350 g/mol. The maximum Gasteiger partial charge on any atom is 0.144 e. The van der Waals surface area contributed by atoms with Crippen molar-refractivity contribution in [3.8, 4) is 11.5 Å². The summed E-state index contributed by atoms with van der Waals surface area (Å²) in [5.41, 5.74) is 0. The number of thioether (sulfide) groups is 2. The van der Waals surface area contributed by atoms with E-state index in [1.807, 2.05) is 31.2 Å². The molecule has 122 valence electrons. The minimum Gasteiger partial charge on any atom is -0.508 e. The largest absolute Gasteiger partial charge is 0.508 e. The molecule has 2 N–H and O–H groups in total. The van der Waals surface area contributed by atoms with Crippen molar-refractivity contribution in [2.45, 2.75) is 23.1 Å². The molecule has 0 radical (unpaired) electrons. The zero-order valence-corrected chi connectivity index (χ0v) is 14.3. The lowest BCUT2D eigenvalue weighted by molar-refractivity contribution is -0.230. The average molecular weight is 350 g/mol. The van der Waals surface area contributed by atoms with Crippen molar-refractivity contribution >= 4 is 23.5 Å². The Hall–Kier alpha value is -1.76. The fourth-order valence-electron chi connectivity index (χ4n) is 1.60. The molecule has 0 aliphatic rings. The van der Waals surface area contributed by atoms with Crippen LogP contribution in [0.4, 0.5) is 0 Å². The van der Waals surface area contributed by atoms with Crippen LogP contribution in [-0.4, -0.2) is 16.2 Å². The van der Waals surface area contributed by atoms with Crippen LogP contribution in [0, 0.1) is 0 Å². The third-order valence-electron chi connectivity index (χ3n) is 2.79. The number of phenolic OH excluding ortho intramolecular Hbond substituents is 2. The van der Waals surface area contributed by atoms with Gasteiger partial charge in [0.15, 0.2) is 0 Å². The van der Waals surface area contributed by atoms with E-state index in [2.05, 4.69) is 0 Å². The standard InChI is InChI=1S/C17H18O4S2/c1-2-15(23-17-9-5-14(19)6-10-17)11-20-21-12-22-16-7-3-13(18)4-8-16/h3-11,18-19H,2,12H2,1H3. The fraction of sp³-hybridized carbons (Fsp3) is 0.176. The predicted molar refractivity (Wildman–Crippen MR) is 93.3 cm³/mol. The van der Waals surface area contributed by atoms with Crippen molar-refractivity contribution in [3.63, 3.8) is 0 Å². The molecule has 6 heteroatoms.